The van der Waals surface area contributed by atoms with E-state index in [-0.39, 0.29) is 17.4 Å². The zero-order valence-electron chi connectivity index (χ0n) is 15.8. The van der Waals surface area contributed by atoms with Crippen LogP contribution in [0.4, 0.5) is 10.5 Å². The Morgan fingerprint density at radius 2 is 1.83 bits per heavy atom. The quantitative estimate of drug-likeness (QED) is 0.615. The number of phenols is 1. The van der Waals surface area contributed by atoms with Gasteiger partial charge in [-0.15, -0.1) is 5.06 Å². The van der Waals surface area contributed by atoms with Gasteiger partial charge in [-0.3, -0.25) is 0 Å². The van der Waals surface area contributed by atoms with Crippen molar-refractivity contribution in [2.24, 2.45) is 0 Å². The van der Waals surface area contributed by atoms with Gasteiger partial charge in [0, 0.05) is 11.7 Å². The Bertz CT molecular complexity index is 1020. The predicted octanol–water partition coefficient (Wildman–Crippen LogP) is 4.92. The van der Waals surface area contributed by atoms with Crippen molar-refractivity contribution in [1.82, 2.24) is 4.98 Å². The highest BCUT2D eigenvalue weighted by Crippen LogP contribution is 2.26. The van der Waals surface area contributed by atoms with Gasteiger partial charge >= 0.3 is 12.1 Å². The fourth-order valence-corrected chi connectivity index (χ4v) is 3.51. The van der Waals surface area contributed by atoms with Gasteiger partial charge in [-0.25, -0.2) is 9.59 Å². The molecule has 1 aromatic heterocycles. The third kappa shape index (κ3) is 4.18. The number of hydrogen-bond acceptors (Lipinski definition) is 5. The average molecular weight is 394 g/mol. The molecule has 1 aliphatic rings. The van der Waals surface area contributed by atoms with E-state index in [0.29, 0.717) is 5.69 Å². The minimum Gasteiger partial charge on any atom is -0.507 e. The number of nitrogens with zero attached hydrogens (tertiary/aromatic N) is 1. The molecule has 1 heterocycles. The van der Waals surface area contributed by atoms with E-state index in [1.165, 1.54) is 12.1 Å². The normalized spacial score (nSPS) is 14.5. The Morgan fingerprint density at radius 1 is 1.03 bits per heavy atom. The molecule has 3 aromatic rings. The number of aromatic nitrogens is 1. The van der Waals surface area contributed by atoms with Crippen LogP contribution in [0.1, 0.15) is 42.5 Å². The number of ether oxygens (including phenoxy) is 1. The maximum atomic E-state index is 12.9. The fourth-order valence-electron chi connectivity index (χ4n) is 3.51. The number of nitrogens with one attached hydrogen (secondary N) is 1. The average Bonchev–Trinajstić information content (AvgIpc) is 3.20. The zero-order chi connectivity index (χ0) is 20.2. The Morgan fingerprint density at radius 3 is 2.62 bits per heavy atom. The number of aromatic amines is 1. The summed E-state index contributed by atoms with van der Waals surface area (Å²) < 4.78 is 5.61. The van der Waals surface area contributed by atoms with Crippen LogP contribution in [-0.2, 0) is 9.57 Å². The van der Waals surface area contributed by atoms with E-state index < -0.39 is 12.1 Å². The van der Waals surface area contributed by atoms with Crippen LogP contribution in [-0.4, -0.2) is 28.3 Å². The van der Waals surface area contributed by atoms with E-state index in [2.05, 4.69) is 4.98 Å². The first-order chi connectivity index (χ1) is 14.1. The number of amides is 1. The second-order valence-corrected chi connectivity index (χ2v) is 7.08. The summed E-state index contributed by atoms with van der Waals surface area (Å²) in [5.41, 5.74) is 1.10. The molecule has 2 aromatic carbocycles. The number of H-pyrrole nitrogens is 1. The first kappa shape index (κ1) is 18.9. The lowest BCUT2D eigenvalue weighted by Crippen LogP contribution is -2.37. The molecule has 0 spiro atoms. The fraction of sp³-hybridized carbons (Fsp3) is 0.273. The van der Waals surface area contributed by atoms with Crippen molar-refractivity contribution in [2.75, 3.05) is 5.06 Å². The zero-order valence-corrected chi connectivity index (χ0v) is 15.8. The number of aromatic hydroxyl groups is 1. The van der Waals surface area contributed by atoms with Crippen molar-refractivity contribution in [1.29, 1.82) is 0 Å². The summed E-state index contributed by atoms with van der Waals surface area (Å²) in [6.07, 6.45) is 5.55. The van der Waals surface area contributed by atoms with E-state index >= 15 is 0 Å². The summed E-state index contributed by atoms with van der Waals surface area (Å²) >= 11 is 0. The molecular formula is C22H22N2O5. The van der Waals surface area contributed by atoms with E-state index in [1.807, 2.05) is 12.1 Å². The topological polar surface area (TPSA) is 91.9 Å². The van der Waals surface area contributed by atoms with Crippen molar-refractivity contribution < 1.29 is 24.3 Å². The Balaban J connectivity index is 1.61. The highest BCUT2D eigenvalue weighted by atomic mass is 16.8. The standard InChI is InChI=1S/C22H22N2O5/c25-20-9-5-4-8-18(20)21(26)29-24(22(27)28-17-6-2-1-3-7-17)16-11-10-15-12-13-23-19(15)14-16/h4-5,8-14,17,23,25H,1-3,6-7H2. The molecule has 150 valence electrons. The molecule has 1 amide bonds. The molecule has 7 heteroatoms. The molecule has 1 fully saturated rings. The van der Waals surface area contributed by atoms with Crippen LogP contribution >= 0.6 is 0 Å². The molecule has 29 heavy (non-hydrogen) atoms. The van der Waals surface area contributed by atoms with Crippen molar-refractivity contribution in [3.05, 3.63) is 60.3 Å². The number of para-hydroxylation sites is 1. The molecule has 0 atom stereocenters. The van der Waals surface area contributed by atoms with Crippen LogP contribution in [0.15, 0.2) is 54.7 Å². The minimum absolute atomic E-state index is 0.0380. The second kappa shape index (κ2) is 8.26. The lowest BCUT2D eigenvalue weighted by Gasteiger charge is -2.26. The maximum Gasteiger partial charge on any atom is 0.448 e. The van der Waals surface area contributed by atoms with Gasteiger partial charge in [-0.05, 0) is 61.4 Å². The third-order valence-electron chi connectivity index (χ3n) is 5.06. The number of rotatable bonds is 3. The van der Waals surface area contributed by atoms with Crippen LogP contribution in [0.2, 0.25) is 0 Å². The first-order valence-corrected chi connectivity index (χ1v) is 9.70. The van der Waals surface area contributed by atoms with Gasteiger partial charge in [-0.2, -0.15) is 0 Å². The Kier molecular flexibility index (Phi) is 5.37. The second-order valence-electron chi connectivity index (χ2n) is 7.08. The van der Waals surface area contributed by atoms with Crippen molar-refractivity contribution in [2.45, 2.75) is 38.2 Å². The monoisotopic (exact) mass is 394 g/mol. The smallest absolute Gasteiger partial charge is 0.448 e. The highest BCUT2D eigenvalue weighted by Gasteiger charge is 2.28. The van der Waals surface area contributed by atoms with Gasteiger partial charge in [-0.1, -0.05) is 24.6 Å². The molecule has 2 N–H and O–H groups in total. The number of hydroxylamine groups is 1. The molecule has 4 rings (SSSR count). The summed E-state index contributed by atoms with van der Waals surface area (Å²) in [6, 6.07) is 13.1. The molecule has 0 bridgehead atoms. The SMILES string of the molecule is O=C(ON(C(=O)OC1CCCCC1)c1ccc2cc[nH]c2c1)c1ccccc1O. The van der Waals surface area contributed by atoms with E-state index in [1.54, 1.807) is 30.5 Å². The summed E-state index contributed by atoms with van der Waals surface area (Å²) in [4.78, 5) is 34.0. The number of hydrogen-bond donors (Lipinski definition) is 2. The van der Waals surface area contributed by atoms with Gasteiger partial charge in [0.15, 0.2) is 0 Å². The largest absolute Gasteiger partial charge is 0.507 e. The van der Waals surface area contributed by atoms with E-state index in [4.69, 9.17) is 9.57 Å². The van der Waals surface area contributed by atoms with Crippen molar-refractivity contribution >= 4 is 28.7 Å². The van der Waals surface area contributed by atoms with E-state index in [0.717, 1.165) is 48.1 Å². The summed E-state index contributed by atoms with van der Waals surface area (Å²) in [5, 5.41) is 11.7. The number of anilines is 1. The molecule has 7 nitrogen and oxygen atoms in total. The molecule has 0 saturated heterocycles. The number of phenolic OH excluding ortho intramolecular Hbond substituents is 1. The molecule has 0 radical (unpaired) electrons. The van der Waals surface area contributed by atoms with Gasteiger partial charge < -0.3 is 19.7 Å². The van der Waals surface area contributed by atoms with Crippen LogP contribution in [0, 0.1) is 0 Å². The molecular weight excluding hydrogens is 372 g/mol. The summed E-state index contributed by atoms with van der Waals surface area (Å²) in [7, 11) is 0. The Hall–Kier alpha value is -3.48. The number of benzene rings is 2. The number of carbonyl (C=O) groups is 2. The van der Waals surface area contributed by atoms with Crippen LogP contribution in [0.25, 0.3) is 10.9 Å². The Labute approximate surface area is 167 Å². The molecule has 1 saturated carbocycles. The molecule has 1 aliphatic carbocycles. The van der Waals surface area contributed by atoms with Crippen LogP contribution in [0.3, 0.4) is 0 Å². The minimum atomic E-state index is -0.852. The highest BCUT2D eigenvalue weighted by molar-refractivity contribution is 5.97. The first-order valence-electron chi connectivity index (χ1n) is 9.70. The van der Waals surface area contributed by atoms with Gasteiger partial charge in [0.2, 0.25) is 0 Å². The van der Waals surface area contributed by atoms with Gasteiger partial charge in [0.25, 0.3) is 0 Å². The van der Waals surface area contributed by atoms with E-state index in [9.17, 15) is 14.7 Å². The third-order valence-corrected chi connectivity index (χ3v) is 5.06. The van der Waals surface area contributed by atoms with Crippen LogP contribution in [0.5, 0.6) is 5.75 Å². The predicted molar refractivity (Wildman–Crippen MR) is 108 cm³/mol. The summed E-state index contributed by atoms with van der Waals surface area (Å²) in [5.74, 6) is -1.08. The number of fused-ring (bicyclic) bond motifs is 1. The maximum absolute atomic E-state index is 12.9. The lowest BCUT2D eigenvalue weighted by molar-refractivity contribution is 0.0293. The van der Waals surface area contributed by atoms with Gasteiger partial charge in [0.05, 0.1) is 5.69 Å². The van der Waals surface area contributed by atoms with Crippen molar-refractivity contribution in [3.63, 3.8) is 0 Å². The van der Waals surface area contributed by atoms with Crippen LogP contribution < -0.4 is 5.06 Å². The molecule has 0 aliphatic heterocycles. The molecule has 0 unspecified atom stereocenters. The van der Waals surface area contributed by atoms with Gasteiger partial charge in [0.1, 0.15) is 17.4 Å². The number of carbonyl (C=O) groups excluding carboxylic acids is 2. The lowest BCUT2D eigenvalue weighted by atomic mass is 9.98. The summed E-state index contributed by atoms with van der Waals surface area (Å²) in [6.45, 7) is 0. The van der Waals surface area contributed by atoms with Crippen molar-refractivity contribution in [3.8, 4) is 5.75 Å².